The Hall–Kier alpha value is -3.46. The monoisotopic (exact) mass is 416 g/mol. The summed E-state index contributed by atoms with van der Waals surface area (Å²) in [5, 5.41) is 10.9. The van der Waals surface area contributed by atoms with E-state index >= 15 is 0 Å². The lowest BCUT2D eigenvalue weighted by atomic mass is 10.2. The van der Waals surface area contributed by atoms with Gasteiger partial charge in [-0.2, -0.15) is 0 Å². The van der Waals surface area contributed by atoms with Crippen molar-refractivity contribution < 1.29 is 22.5 Å². The van der Waals surface area contributed by atoms with Crippen molar-refractivity contribution in [3.8, 4) is 5.75 Å². The molecule has 0 radical (unpaired) electrons. The summed E-state index contributed by atoms with van der Waals surface area (Å²) < 4.78 is 46.4. The number of sulfonamides is 1. The third-order valence-corrected chi connectivity index (χ3v) is 6.00. The predicted octanol–water partition coefficient (Wildman–Crippen LogP) is 4.14. The summed E-state index contributed by atoms with van der Waals surface area (Å²) in [6, 6.07) is 16.7. The van der Waals surface area contributed by atoms with Gasteiger partial charge in [-0.15, -0.1) is 0 Å². The first-order chi connectivity index (χ1) is 13.8. The van der Waals surface area contributed by atoms with Crippen LogP contribution in [-0.4, -0.2) is 20.5 Å². The van der Waals surface area contributed by atoms with E-state index in [9.17, 15) is 22.9 Å². The average molecular weight is 416 g/mol. The van der Waals surface area contributed by atoms with Crippen LogP contribution in [0.15, 0.2) is 77.7 Å². The van der Waals surface area contributed by atoms with Gasteiger partial charge in [0.05, 0.1) is 29.2 Å². The molecule has 0 N–H and O–H groups in total. The van der Waals surface area contributed by atoms with Gasteiger partial charge in [-0.25, -0.2) is 12.8 Å². The summed E-state index contributed by atoms with van der Waals surface area (Å²) in [5.74, 6) is -0.219. The third kappa shape index (κ3) is 4.35. The second kappa shape index (κ2) is 8.27. The van der Waals surface area contributed by atoms with E-state index in [-0.39, 0.29) is 22.8 Å². The smallest absolute Gasteiger partial charge is 0.269 e. The summed E-state index contributed by atoms with van der Waals surface area (Å²) >= 11 is 0. The maximum absolute atomic E-state index is 13.3. The molecule has 9 heteroatoms. The number of para-hydroxylation sites is 2. The van der Waals surface area contributed by atoms with Gasteiger partial charge in [-0.1, -0.05) is 24.3 Å². The summed E-state index contributed by atoms with van der Waals surface area (Å²) in [5.41, 5.74) is 0.726. The molecule has 0 saturated heterocycles. The predicted molar refractivity (Wildman–Crippen MR) is 106 cm³/mol. The van der Waals surface area contributed by atoms with E-state index in [1.807, 2.05) is 0 Å². The highest BCUT2D eigenvalue weighted by molar-refractivity contribution is 7.92. The van der Waals surface area contributed by atoms with Gasteiger partial charge in [-0.05, 0) is 42.0 Å². The minimum atomic E-state index is -4.08. The fourth-order valence-corrected chi connectivity index (χ4v) is 4.22. The van der Waals surface area contributed by atoms with Gasteiger partial charge in [0.25, 0.3) is 15.7 Å². The molecular formula is C20H17FN2O5S. The normalized spacial score (nSPS) is 11.1. The zero-order valence-corrected chi connectivity index (χ0v) is 16.2. The van der Waals surface area contributed by atoms with Gasteiger partial charge >= 0.3 is 0 Å². The van der Waals surface area contributed by atoms with Crippen molar-refractivity contribution in [2.75, 3.05) is 11.4 Å². The lowest BCUT2D eigenvalue weighted by Crippen LogP contribution is -2.31. The number of nitrogens with zero attached hydrogens (tertiary/aromatic N) is 2. The molecule has 0 aliphatic rings. The molecule has 0 aliphatic heterocycles. The Bertz CT molecular complexity index is 1120. The number of non-ortho nitro benzene ring substituents is 1. The topological polar surface area (TPSA) is 89.8 Å². The number of halogens is 1. The quantitative estimate of drug-likeness (QED) is 0.427. The zero-order valence-electron chi connectivity index (χ0n) is 15.4. The zero-order chi connectivity index (χ0) is 21.0. The number of nitro benzene ring substituents is 1. The van der Waals surface area contributed by atoms with Gasteiger partial charge < -0.3 is 4.74 Å². The minimum Gasteiger partial charge on any atom is -0.495 e. The number of nitro groups is 1. The van der Waals surface area contributed by atoms with Crippen molar-refractivity contribution in [3.63, 3.8) is 0 Å². The summed E-state index contributed by atoms with van der Waals surface area (Å²) in [6.07, 6.45) is 0. The number of hydrogen-bond donors (Lipinski definition) is 0. The maximum Gasteiger partial charge on any atom is 0.269 e. The van der Waals surface area contributed by atoms with Crippen LogP contribution in [-0.2, 0) is 16.6 Å². The molecule has 3 aromatic carbocycles. The number of hydrogen-bond acceptors (Lipinski definition) is 5. The lowest BCUT2D eigenvalue weighted by Gasteiger charge is -2.26. The number of ether oxygens (including phenoxy) is 1. The number of benzene rings is 3. The molecule has 0 atom stereocenters. The van der Waals surface area contributed by atoms with Gasteiger partial charge in [0, 0.05) is 12.1 Å². The van der Waals surface area contributed by atoms with Gasteiger partial charge in [-0.3, -0.25) is 14.4 Å². The second-order valence-corrected chi connectivity index (χ2v) is 7.92. The van der Waals surface area contributed by atoms with Crippen molar-refractivity contribution in [2.24, 2.45) is 0 Å². The molecule has 0 heterocycles. The van der Waals surface area contributed by atoms with Crippen molar-refractivity contribution in [3.05, 3.63) is 94.3 Å². The molecular weight excluding hydrogens is 399 g/mol. The Balaban J connectivity index is 2.09. The van der Waals surface area contributed by atoms with Gasteiger partial charge in [0.2, 0.25) is 0 Å². The highest BCUT2D eigenvalue weighted by atomic mass is 32.2. The molecule has 0 fully saturated rings. The number of anilines is 1. The van der Waals surface area contributed by atoms with E-state index in [0.29, 0.717) is 11.3 Å². The summed E-state index contributed by atoms with van der Waals surface area (Å²) in [7, 11) is -2.65. The third-order valence-electron chi connectivity index (χ3n) is 4.23. The van der Waals surface area contributed by atoms with Crippen LogP contribution in [0.5, 0.6) is 5.75 Å². The maximum atomic E-state index is 13.3. The van der Waals surface area contributed by atoms with Crippen LogP contribution in [0.1, 0.15) is 5.56 Å². The molecule has 0 amide bonds. The number of rotatable bonds is 7. The van der Waals surface area contributed by atoms with Crippen molar-refractivity contribution in [1.82, 2.24) is 0 Å². The Morgan fingerprint density at radius 2 is 1.62 bits per heavy atom. The van der Waals surface area contributed by atoms with Crippen LogP contribution < -0.4 is 9.04 Å². The molecule has 0 bridgehead atoms. The van der Waals surface area contributed by atoms with Crippen LogP contribution in [0.3, 0.4) is 0 Å². The molecule has 7 nitrogen and oxygen atoms in total. The van der Waals surface area contributed by atoms with E-state index < -0.39 is 20.8 Å². The van der Waals surface area contributed by atoms with E-state index in [1.54, 1.807) is 24.3 Å². The van der Waals surface area contributed by atoms with Crippen molar-refractivity contribution >= 4 is 21.4 Å². The molecule has 150 valence electrons. The fourth-order valence-electron chi connectivity index (χ4n) is 2.76. The van der Waals surface area contributed by atoms with Gasteiger partial charge in [0.1, 0.15) is 11.6 Å². The van der Waals surface area contributed by atoms with Crippen LogP contribution in [0, 0.1) is 15.9 Å². The van der Waals surface area contributed by atoms with Crippen LogP contribution in [0.2, 0.25) is 0 Å². The second-order valence-electron chi connectivity index (χ2n) is 6.06. The first-order valence-electron chi connectivity index (χ1n) is 8.47. The van der Waals surface area contributed by atoms with Crippen molar-refractivity contribution in [2.45, 2.75) is 11.4 Å². The summed E-state index contributed by atoms with van der Waals surface area (Å²) in [4.78, 5) is 10.2. The van der Waals surface area contributed by atoms with Crippen LogP contribution >= 0.6 is 0 Å². The van der Waals surface area contributed by atoms with E-state index in [0.717, 1.165) is 16.4 Å². The highest BCUT2D eigenvalue weighted by Crippen LogP contribution is 2.33. The molecule has 0 spiro atoms. The first kappa shape index (κ1) is 20.3. The molecule has 0 saturated carbocycles. The van der Waals surface area contributed by atoms with E-state index in [4.69, 9.17) is 4.74 Å². The van der Waals surface area contributed by atoms with Gasteiger partial charge in [0.15, 0.2) is 0 Å². The Morgan fingerprint density at radius 1 is 1.00 bits per heavy atom. The van der Waals surface area contributed by atoms with Crippen molar-refractivity contribution in [1.29, 1.82) is 0 Å². The lowest BCUT2D eigenvalue weighted by molar-refractivity contribution is -0.384. The largest absolute Gasteiger partial charge is 0.495 e. The average Bonchev–Trinajstić information content (AvgIpc) is 2.72. The first-order valence-corrected chi connectivity index (χ1v) is 9.91. The molecule has 0 aromatic heterocycles. The number of methoxy groups -OCH3 is 1. The minimum absolute atomic E-state index is 0.0910. The summed E-state index contributed by atoms with van der Waals surface area (Å²) in [6.45, 7) is -0.0991. The molecule has 0 aliphatic carbocycles. The Morgan fingerprint density at radius 3 is 2.21 bits per heavy atom. The standard InChI is InChI=1S/C20H17FN2O5S/c1-28-20-5-3-2-4-19(20)22(14-15-6-10-17(11-7-15)23(24)25)29(26,27)18-12-8-16(21)9-13-18/h2-13H,14H2,1H3. The molecule has 29 heavy (non-hydrogen) atoms. The Labute approximate surface area is 167 Å². The molecule has 3 rings (SSSR count). The fraction of sp³-hybridized carbons (Fsp3) is 0.100. The van der Waals surface area contributed by atoms with E-state index in [2.05, 4.69) is 0 Å². The molecule has 0 unspecified atom stereocenters. The van der Waals surface area contributed by atoms with E-state index in [1.165, 1.54) is 43.5 Å². The highest BCUT2D eigenvalue weighted by Gasteiger charge is 2.27. The van der Waals surface area contributed by atoms with Crippen LogP contribution in [0.4, 0.5) is 15.8 Å². The SMILES string of the molecule is COc1ccccc1N(Cc1ccc([N+](=O)[O-])cc1)S(=O)(=O)c1ccc(F)cc1. The molecule has 3 aromatic rings. The van der Waals surface area contributed by atoms with Crippen LogP contribution in [0.25, 0.3) is 0 Å². The Kier molecular flexibility index (Phi) is 5.79.